The van der Waals surface area contributed by atoms with Crippen LogP contribution in [0.1, 0.15) is 0 Å². The fraction of sp³-hybridized carbons (Fsp3) is 0. The normalized spacial score (nSPS) is 0. The third kappa shape index (κ3) is 8.89. The zero-order chi connectivity index (χ0) is 0. The summed E-state index contributed by atoms with van der Waals surface area (Å²) in [6, 6.07) is 0. The van der Waals surface area contributed by atoms with Gasteiger partial charge in [0.15, 0.2) is 0 Å². The Kier molecular flexibility index (Phi) is 165. The Labute approximate surface area is 74.0 Å². The maximum absolute atomic E-state index is 0. The second kappa shape index (κ2) is 19.0. The quantitative estimate of drug-likeness (QED) is 0.482. The van der Waals surface area contributed by atoms with Crippen LogP contribution < -0.4 is 0 Å². The van der Waals surface area contributed by atoms with Crippen molar-refractivity contribution >= 4 is 8.41 Å². The van der Waals surface area contributed by atoms with Crippen molar-refractivity contribution in [2.24, 2.45) is 0 Å². The van der Waals surface area contributed by atoms with Crippen LogP contribution in [0, 0.1) is 0 Å². The van der Waals surface area contributed by atoms with E-state index in [9.17, 15) is 0 Å². The molecule has 0 unspecified atom stereocenters. The van der Waals surface area contributed by atoms with Crippen LogP contribution in [0.5, 0.6) is 0 Å². The molecule has 0 aromatic carbocycles. The number of rotatable bonds is 0. The van der Waals surface area contributed by atoms with E-state index in [0.29, 0.717) is 0 Å². The van der Waals surface area contributed by atoms with Crippen molar-refractivity contribution in [2.45, 2.75) is 0 Å². The molecule has 0 saturated carbocycles. The van der Waals surface area contributed by atoms with Gasteiger partial charge in [-0.25, -0.2) is 0 Å². The molecule has 0 atom stereocenters. The molecule has 4 heteroatoms. The van der Waals surface area contributed by atoms with Crippen molar-refractivity contribution in [3.63, 3.8) is 0 Å². The third-order valence-corrected chi connectivity index (χ3v) is 0. The van der Waals surface area contributed by atoms with Gasteiger partial charge in [-0.2, -0.15) is 0 Å². The molecule has 0 aliphatic rings. The Morgan fingerprint density at radius 1 is 1.00 bits per heavy atom. The largest absolute Gasteiger partial charge is 0 e. The minimum Gasteiger partial charge on any atom is 0 e. The SMILES string of the molecule is [B].[Co].[Fe].[Y]. The van der Waals surface area contributed by atoms with E-state index >= 15 is 0 Å². The Morgan fingerprint density at radius 3 is 1.00 bits per heavy atom. The molecule has 0 amide bonds. The number of hydrogen-bond acceptors (Lipinski definition) is 0. The topological polar surface area (TPSA) is 0 Å². The van der Waals surface area contributed by atoms with Gasteiger partial charge in [0.1, 0.15) is 0 Å². The fourth-order valence-electron chi connectivity index (χ4n) is 0. The monoisotopic (exact) mass is 215 g/mol. The standard InChI is InChI=1S/B.Co.Fe.Y. The van der Waals surface area contributed by atoms with Gasteiger partial charge in [-0.1, -0.05) is 0 Å². The van der Waals surface area contributed by atoms with Gasteiger partial charge in [0.05, 0.1) is 0 Å². The predicted octanol–water partition coefficient (Wildman–Crippen LogP) is -0.388. The minimum absolute atomic E-state index is 0. The summed E-state index contributed by atoms with van der Waals surface area (Å²) in [5, 5.41) is 0. The molecule has 0 fully saturated rings. The van der Waals surface area contributed by atoms with Crippen LogP contribution in [0.4, 0.5) is 0 Å². The zero-order valence-electron chi connectivity index (χ0n) is 1.84. The first-order valence-electron chi connectivity index (χ1n) is 0. The van der Waals surface area contributed by atoms with Gasteiger partial charge >= 0.3 is 0 Å². The molecule has 4 heavy (non-hydrogen) atoms. The summed E-state index contributed by atoms with van der Waals surface area (Å²) >= 11 is 0. The molecule has 0 spiro atoms. The summed E-state index contributed by atoms with van der Waals surface area (Å²) in [4.78, 5) is 0. The summed E-state index contributed by atoms with van der Waals surface area (Å²) in [5.41, 5.74) is 0. The molecule has 23 valence electrons. The molecule has 0 bridgehead atoms. The first kappa shape index (κ1) is 34.7. The smallest absolute Gasteiger partial charge is 0 e. The van der Waals surface area contributed by atoms with Crippen LogP contribution in [0.15, 0.2) is 0 Å². The van der Waals surface area contributed by atoms with Crippen molar-refractivity contribution in [3.05, 3.63) is 0 Å². The van der Waals surface area contributed by atoms with Crippen molar-refractivity contribution in [1.29, 1.82) is 0 Å². The third-order valence-electron chi connectivity index (χ3n) is 0. The molecule has 0 rings (SSSR count). The predicted molar refractivity (Wildman–Crippen MR) is 5.75 cm³/mol. The Bertz CT molecular complexity index is 8.00. The van der Waals surface area contributed by atoms with E-state index in [1.165, 1.54) is 0 Å². The van der Waals surface area contributed by atoms with Gasteiger partial charge in [0.2, 0.25) is 0 Å². The summed E-state index contributed by atoms with van der Waals surface area (Å²) in [5.74, 6) is 0. The first-order valence-corrected chi connectivity index (χ1v) is 0. The molecular weight excluding hydrogens is 214 g/mol. The van der Waals surface area contributed by atoms with E-state index < -0.39 is 0 Å². The molecule has 0 aliphatic heterocycles. The van der Waals surface area contributed by atoms with E-state index in [1.807, 2.05) is 0 Å². The Balaban J connectivity index is 0. The summed E-state index contributed by atoms with van der Waals surface area (Å²) in [6.45, 7) is 0. The van der Waals surface area contributed by atoms with Crippen molar-refractivity contribution in [3.8, 4) is 0 Å². The van der Waals surface area contributed by atoms with Crippen molar-refractivity contribution < 1.29 is 66.6 Å². The fourth-order valence-corrected chi connectivity index (χ4v) is 0. The first-order chi connectivity index (χ1) is 0. The summed E-state index contributed by atoms with van der Waals surface area (Å²) in [6.07, 6.45) is 0. The van der Waals surface area contributed by atoms with Crippen molar-refractivity contribution in [2.75, 3.05) is 0 Å². The molecule has 0 heterocycles. The molecule has 0 aliphatic carbocycles. The molecule has 0 saturated heterocycles. The maximum atomic E-state index is 0. The van der Waals surface area contributed by atoms with Gasteiger partial charge in [0.25, 0.3) is 0 Å². The van der Waals surface area contributed by atoms with E-state index in [-0.39, 0.29) is 75.0 Å². The van der Waals surface area contributed by atoms with Gasteiger partial charge in [-0.3, -0.25) is 0 Å². The second-order valence-electron chi connectivity index (χ2n) is 0. The van der Waals surface area contributed by atoms with E-state index in [4.69, 9.17) is 0 Å². The second-order valence-corrected chi connectivity index (χ2v) is 0. The average Bonchev–Trinajstić information content (AvgIpc) is 0. The summed E-state index contributed by atoms with van der Waals surface area (Å²) < 4.78 is 0. The zero-order valence-corrected chi connectivity index (χ0v) is 6.83. The van der Waals surface area contributed by atoms with E-state index in [2.05, 4.69) is 0 Å². The number of hydrogen-bond donors (Lipinski definition) is 0. The van der Waals surface area contributed by atoms with E-state index in [0.717, 1.165) is 0 Å². The van der Waals surface area contributed by atoms with Crippen LogP contribution in [0.3, 0.4) is 0 Å². The molecule has 5 radical (unpaired) electrons. The van der Waals surface area contributed by atoms with Crippen molar-refractivity contribution in [1.82, 2.24) is 0 Å². The van der Waals surface area contributed by atoms with Crippen LogP contribution in [0.2, 0.25) is 0 Å². The molecule has 0 aromatic heterocycles. The summed E-state index contributed by atoms with van der Waals surface area (Å²) in [7, 11) is 0. The van der Waals surface area contributed by atoms with Crippen LogP contribution in [-0.2, 0) is 66.6 Å². The van der Waals surface area contributed by atoms with Gasteiger partial charge in [-0.15, -0.1) is 0 Å². The van der Waals surface area contributed by atoms with Gasteiger partial charge in [0, 0.05) is 75.0 Å². The molecule has 0 nitrogen and oxygen atoms in total. The van der Waals surface area contributed by atoms with Crippen LogP contribution in [-0.4, -0.2) is 8.41 Å². The maximum Gasteiger partial charge on any atom is 0 e. The van der Waals surface area contributed by atoms with Gasteiger partial charge in [-0.05, 0) is 0 Å². The van der Waals surface area contributed by atoms with Crippen LogP contribution in [0.25, 0.3) is 0 Å². The van der Waals surface area contributed by atoms with Crippen LogP contribution >= 0.6 is 0 Å². The Morgan fingerprint density at radius 2 is 1.00 bits per heavy atom. The average molecular weight is 214 g/mol. The Hall–Kier alpha value is 2.19. The van der Waals surface area contributed by atoms with E-state index in [1.54, 1.807) is 0 Å². The molecular formula is BCoFeY. The molecule has 0 aromatic rings. The van der Waals surface area contributed by atoms with Gasteiger partial charge < -0.3 is 0 Å². The molecule has 0 N–H and O–H groups in total. The minimum atomic E-state index is 0.